The standard InChI is InChI=1S/C19H17Cl2N3OS/c1-11-3-5-13(6-4-11)12(2)23-24-19-22-18(25)17(26-19)10-14-9-15(20)7-8-16(14)21/h3-9,17H,10H2,1-2H3,(H,22,24,25). The molecule has 1 atom stereocenters. The van der Waals surface area contributed by atoms with Crippen LogP contribution in [0.25, 0.3) is 0 Å². The number of rotatable bonds is 4. The Hall–Kier alpha value is -1.82. The predicted molar refractivity (Wildman–Crippen MR) is 111 cm³/mol. The highest BCUT2D eigenvalue weighted by Crippen LogP contribution is 2.28. The van der Waals surface area contributed by atoms with E-state index in [-0.39, 0.29) is 11.2 Å². The minimum atomic E-state index is -0.306. The summed E-state index contributed by atoms with van der Waals surface area (Å²) < 4.78 is 0. The summed E-state index contributed by atoms with van der Waals surface area (Å²) in [6, 6.07) is 13.3. The van der Waals surface area contributed by atoms with Gasteiger partial charge >= 0.3 is 0 Å². The first-order chi connectivity index (χ1) is 12.4. The summed E-state index contributed by atoms with van der Waals surface area (Å²) in [5.74, 6) is -0.104. The van der Waals surface area contributed by atoms with Crippen LogP contribution in [-0.2, 0) is 11.2 Å². The number of carbonyl (C=O) groups excluding carboxylic acids is 1. The maximum atomic E-state index is 12.2. The Bertz CT molecular complexity index is 894. The Labute approximate surface area is 166 Å². The molecule has 2 aromatic carbocycles. The van der Waals surface area contributed by atoms with Crippen molar-refractivity contribution in [2.45, 2.75) is 25.5 Å². The van der Waals surface area contributed by atoms with E-state index in [1.54, 1.807) is 18.2 Å². The number of benzene rings is 2. The number of amidine groups is 1. The van der Waals surface area contributed by atoms with Gasteiger partial charge < -0.3 is 5.32 Å². The van der Waals surface area contributed by atoms with E-state index in [0.29, 0.717) is 21.6 Å². The highest BCUT2D eigenvalue weighted by molar-refractivity contribution is 8.15. The van der Waals surface area contributed by atoms with Crippen LogP contribution in [0.15, 0.2) is 52.7 Å². The van der Waals surface area contributed by atoms with Crippen molar-refractivity contribution in [2.75, 3.05) is 0 Å². The van der Waals surface area contributed by atoms with Gasteiger partial charge in [0, 0.05) is 10.0 Å². The predicted octanol–water partition coefficient (Wildman–Crippen LogP) is 4.86. The molecule has 1 unspecified atom stereocenters. The van der Waals surface area contributed by atoms with Crippen molar-refractivity contribution in [1.29, 1.82) is 0 Å². The van der Waals surface area contributed by atoms with Gasteiger partial charge in [0.2, 0.25) is 5.91 Å². The molecular formula is C19H17Cl2N3OS. The second-order valence-electron chi connectivity index (χ2n) is 5.99. The van der Waals surface area contributed by atoms with E-state index >= 15 is 0 Å². The Balaban J connectivity index is 1.70. The number of carbonyl (C=O) groups is 1. The van der Waals surface area contributed by atoms with Crippen molar-refractivity contribution in [3.63, 3.8) is 0 Å². The summed E-state index contributed by atoms with van der Waals surface area (Å²) in [6.07, 6.45) is 0.482. The number of thioether (sulfide) groups is 1. The summed E-state index contributed by atoms with van der Waals surface area (Å²) in [4.78, 5) is 12.2. The van der Waals surface area contributed by atoms with Crippen LogP contribution in [0, 0.1) is 6.92 Å². The number of hydrogen-bond acceptors (Lipinski definition) is 4. The molecule has 1 N–H and O–H groups in total. The Kier molecular flexibility index (Phi) is 6.01. The average molecular weight is 406 g/mol. The molecule has 1 amide bonds. The van der Waals surface area contributed by atoms with Gasteiger partial charge in [0.05, 0.1) is 11.0 Å². The lowest BCUT2D eigenvalue weighted by molar-refractivity contribution is -0.118. The first-order valence-corrected chi connectivity index (χ1v) is 9.66. The van der Waals surface area contributed by atoms with Crippen LogP contribution in [0.3, 0.4) is 0 Å². The summed E-state index contributed by atoms with van der Waals surface area (Å²) in [5.41, 5.74) is 3.81. The number of halogens is 2. The van der Waals surface area contributed by atoms with Gasteiger partial charge in [0.15, 0.2) is 5.17 Å². The Morgan fingerprint density at radius 1 is 1.19 bits per heavy atom. The second kappa shape index (κ2) is 8.25. The maximum absolute atomic E-state index is 12.2. The normalized spacial score (nSPS) is 19.1. The van der Waals surface area contributed by atoms with Gasteiger partial charge in [0.25, 0.3) is 0 Å². The minimum absolute atomic E-state index is 0.104. The number of aryl methyl sites for hydroxylation is 1. The monoisotopic (exact) mass is 405 g/mol. The molecule has 0 spiro atoms. The third-order valence-electron chi connectivity index (χ3n) is 3.95. The molecule has 26 heavy (non-hydrogen) atoms. The van der Waals surface area contributed by atoms with Crippen LogP contribution in [0.4, 0.5) is 0 Å². The zero-order chi connectivity index (χ0) is 18.7. The van der Waals surface area contributed by atoms with Crippen LogP contribution in [0.2, 0.25) is 10.0 Å². The van der Waals surface area contributed by atoms with Gasteiger partial charge in [-0.3, -0.25) is 4.79 Å². The SMILES string of the molecule is CC(=NN=C1NC(=O)C(Cc2cc(Cl)ccc2Cl)S1)c1ccc(C)cc1. The largest absolute Gasteiger partial charge is 0.303 e. The van der Waals surface area contributed by atoms with E-state index in [4.69, 9.17) is 23.2 Å². The molecule has 0 radical (unpaired) electrons. The number of nitrogens with one attached hydrogen (secondary N) is 1. The molecule has 7 heteroatoms. The zero-order valence-electron chi connectivity index (χ0n) is 14.3. The molecule has 3 rings (SSSR count). The van der Waals surface area contributed by atoms with E-state index in [2.05, 4.69) is 15.5 Å². The number of amides is 1. The lowest BCUT2D eigenvalue weighted by atomic mass is 10.1. The van der Waals surface area contributed by atoms with Gasteiger partial charge in [-0.2, -0.15) is 5.10 Å². The summed E-state index contributed by atoms with van der Waals surface area (Å²) in [5, 5.41) is 12.6. The molecule has 0 saturated carbocycles. The van der Waals surface area contributed by atoms with Crippen LogP contribution >= 0.6 is 35.0 Å². The van der Waals surface area contributed by atoms with Gasteiger partial charge in [0.1, 0.15) is 0 Å². The van der Waals surface area contributed by atoms with Crippen molar-refractivity contribution in [3.05, 3.63) is 69.2 Å². The maximum Gasteiger partial charge on any atom is 0.239 e. The van der Waals surface area contributed by atoms with Gasteiger partial charge in [-0.15, -0.1) is 5.10 Å². The number of hydrogen-bond donors (Lipinski definition) is 1. The summed E-state index contributed by atoms with van der Waals surface area (Å²) in [7, 11) is 0. The smallest absolute Gasteiger partial charge is 0.239 e. The molecule has 1 heterocycles. The van der Waals surface area contributed by atoms with Crippen LogP contribution < -0.4 is 5.32 Å². The topological polar surface area (TPSA) is 53.8 Å². The zero-order valence-corrected chi connectivity index (χ0v) is 16.6. The quantitative estimate of drug-likeness (QED) is 0.583. The van der Waals surface area contributed by atoms with Crippen molar-refractivity contribution in [2.24, 2.45) is 10.2 Å². The van der Waals surface area contributed by atoms with Crippen molar-refractivity contribution in [1.82, 2.24) is 5.32 Å². The average Bonchev–Trinajstić information content (AvgIpc) is 2.96. The van der Waals surface area contributed by atoms with Gasteiger partial charge in [-0.1, -0.05) is 64.8 Å². The molecule has 0 bridgehead atoms. The third-order valence-corrected chi connectivity index (χ3v) is 5.63. The van der Waals surface area contributed by atoms with Crippen molar-refractivity contribution in [3.8, 4) is 0 Å². The van der Waals surface area contributed by atoms with E-state index in [1.165, 1.54) is 17.3 Å². The van der Waals surface area contributed by atoms with Gasteiger partial charge in [-0.05, 0) is 49.6 Å². The van der Waals surface area contributed by atoms with Crippen molar-refractivity contribution < 1.29 is 4.79 Å². The van der Waals surface area contributed by atoms with Crippen LogP contribution in [-0.4, -0.2) is 22.0 Å². The molecule has 1 aliphatic rings. The molecule has 134 valence electrons. The molecule has 1 saturated heterocycles. The van der Waals surface area contributed by atoms with Crippen molar-refractivity contribution >= 4 is 51.8 Å². The fraction of sp³-hybridized carbons (Fsp3) is 0.211. The third kappa shape index (κ3) is 4.67. The van der Waals surface area contributed by atoms with Gasteiger partial charge in [-0.25, -0.2) is 0 Å². The number of nitrogens with zero attached hydrogens (tertiary/aromatic N) is 2. The fourth-order valence-corrected chi connectivity index (χ4v) is 3.79. The van der Waals surface area contributed by atoms with E-state index in [9.17, 15) is 4.79 Å². The molecule has 1 fully saturated rings. The minimum Gasteiger partial charge on any atom is -0.303 e. The summed E-state index contributed by atoms with van der Waals surface area (Å²) in [6.45, 7) is 3.92. The Morgan fingerprint density at radius 3 is 2.65 bits per heavy atom. The molecule has 0 aromatic heterocycles. The second-order valence-corrected chi connectivity index (χ2v) is 8.03. The Morgan fingerprint density at radius 2 is 1.92 bits per heavy atom. The molecule has 1 aliphatic heterocycles. The summed E-state index contributed by atoms with van der Waals surface area (Å²) >= 11 is 13.5. The first-order valence-electron chi connectivity index (χ1n) is 8.03. The highest BCUT2D eigenvalue weighted by Gasteiger charge is 2.31. The molecule has 2 aromatic rings. The molecule has 0 aliphatic carbocycles. The fourth-order valence-electron chi connectivity index (χ4n) is 2.46. The molecular weight excluding hydrogens is 389 g/mol. The first kappa shape index (κ1) is 19.0. The highest BCUT2D eigenvalue weighted by atomic mass is 35.5. The van der Waals surface area contributed by atoms with Crippen LogP contribution in [0.5, 0.6) is 0 Å². The van der Waals surface area contributed by atoms with E-state index < -0.39 is 0 Å². The lowest BCUT2D eigenvalue weighted by Gasteiger charge is -2.07. The molecule has 4 nitrogen and oxygen atoms in total. The lowest BCUT2D eigenvalue weighted by Crippen LogP contribution is -2.26. The van der Waals surface area contributed by atoms with E-state index in [0.717, 1.165) is 16.8 Å². The van der Waals surface area contributed by atoms with Crippen LogP contribution in [0.1, 0.15) is 23.6 Å². The van der Waals surface area contributed by atoms with E-state index in [1.807, 2.05) is 38.1 Å².